The van der Waals surface area contributed by atoms with Crippen LogP contribution in [0.15, 0.2) is 15.6 Å². The van der Waals surface area contributed by atoms with Crippen LogP contribution in [0.1, 0.15) is 35.9 Å². The lowest BCUT2D eigenvalue weighted by atomic mass is 10.0. The highest BCUT2D eigenvalue weighted by Crippen LogP contribution is 2.46. The summed E-state index contributed by atoms with van der Waals surface area (Å²) in [5.74, 6) is -1.18. The molecule has 176 valence electrons. The van der Waals surface area contributed by atoms with Crippen molar-refractivity contribution < 1.29 is 39.7 Å². The Morgan fingerprint density at radius 2 is 1.91 bits per heavy atom. The molecule has 0 radical (unpaired) electrons. The largest absolute Gasteiger partial charge is 0.434 e. The van der Waals surface area contributed by atoms with Gasteiger partial charge in [-0.25, -0.2) is 23.5 Å². The van der Waals surface area contributed by atoms with Crippen LogP contribution in [0.2, 0.25) is 0 Å². The van der Waals surface area contributed by atoms with Crippen LogP contribution in [0.5, 0.6) is 0 Å². The first-order chi connectivity index (χ1) is 14.6. The van der Waals surface area contributed by atoms with E-state index in [1.807, 2.05) is 0 Å². The third-order valence-electron chi connectivity index (χ3n) is 4.51. The normalized spacial score (nSPS) is 15.9. The molecular weight excluding hydrogens is 473 g/mol. The Morgan fingerprint density at radius 3 is 2.44 bits per heavy atom. The fraction of sp³-hybridized carbons (Fsp3) is 0.438. The number of hydrogen-bond acceptors (Lipinski definition) is 4. The monoisotopic (exact) mass is 488 g/mol. The van der Waals surface area contributed by atoms with Crippen LogP contribution in [0.25, 0.3) is 0 Å². The number of aryl methyl sites for hydroxylation is 2. The van der Waals surface area contributed by atoms with E-state index in [1.165, 1.54) is 0 Å². The minimum atomic E-state index is -5.55. The fourth-order valence-corrected chi connectivity index (χ4v) is 4.17. The lowest BCUT2D eigenvalue weighted by molar-refractivity contribution is -0.164. The number of amides is 2. The van der Waals surface area contributed by atoms with E-state index in [4.69, 9.17) is 5.14 Å². The van der Waals surface area contributed by atoms with Gasteiger partial charge in [-0.15, -0.1) is 4.36 Å². The molecule has 16 heteroatoms. The molecule has 1 aliphatic carbocycles. The zero-order valence-electron chi connectivity index (χ0n) is 16.1. The summed E-state index contributed by atoms with van der Waals surface area (Å²) in [5.41, 5.74) is -6.14. The van der Waals surface area contributed by atoms with E-state index in [-0.39, 0.29) is 37.1 Å². The van der Waals surface area contributed by atoms with Gasteiger partial charge in [0.05, 0.1) is 11.9 Å². The molecule has 0 bridgehead atoms. The van der Waals surface area contributed by atoms with Gasteiger partial charge in [0.15, 0.2) is 21.4 Å². The second-order valence-electron chi connectivity index (χ2n) is 6.71. The Balaban J connectivity index is 2.13. The molecule has 2 heterocycles. The van der Waals surface area contributed by atoms with Crippen LogP contribution < -0.4 is 10.5 Å². The summed E-state index contributed by atoms with van der Waals surface area (Å²) in [6.45, 7) is 1.69. The molecule has 0 aromatic carbocycles. The van der Waals surface area contributed by atoms with Gasteiger partial charge in [0.25, 0.3) is 0 Å². The molecule has 0 saturated carbocycles. The van der Waals surface area contributed by atoms with Gasteiger partial charge < -0.3 is 5.32 Å². The summed E-state index contributed by atoms with van der Waals surface area (Å²) in [5, 5.41) is 9.60. The van der Waals surface area contributed by atoms with Crippen molar-refractivity contribution in [2.24, 2.45) is 9.50 Å². The summed E-state index contributed by atoms with van der Waals surface area (Å²) >= 11 is 0. The molecule has 32 heavy (non-hydrogen) atoms. The van der Waals surface area contributed by atoms with Crippen molar-refractivity contribution in [1.29, 1.82) is 0 Å². The number of hydrogen-bond donors (Lipinski definition) is 2. The summed E-state index contributed by atoms with van der Waals surface area (Å²) in [6, 6.07) is -1.76. The molecule has 8 nitrogen and oxygen atoms in total. The van der Waals surface area contributed by atoms with Crippen molar-refractivity contribution in [2.45, 2.75) is 50.1 Å². The van der Waals surface area contributed by atoms with Gasteiger partial charge in [0.2, 0.25) is 5.03 Å². The number of pyridine rings is 1. The van der Waals surface area contributed by atoms with Crippen LogP contribution in [-0.2, 0) is 41.7 Å². The van der Waals surface area contributed by atoms with E-state index in [0.29, 0.717) is 0 Å². The van der Waals surface area contributed by atoms with Gasteiger partial charge >= 0.3 is 18.4 Å². The Kier molecular flexibility index (Phi) is 5.97. The molecule has 2 amide bonds. The molecule has 2 aromatic rings. The number of aromatic nitrogens is 3. The molecule has 2 aromatic heterocycles. The second kappa shape index (κ2) is 7.99. The summed E-state index contributed by atoms with van der Waals surface area (Å²) in [6.07, 6.45) is -10.1. The summed E-state index contributed by atoms with van der Waals surface area (Å²) in [7, 11) is -4.36. The van der Waals surface area contributed by atoms with Crippen LogP contribution in [0.3, 0.4) is 0 Å². The van der Waals surface area contributed by atoms with E-state index in [1.54, 1.807) is 12.2 Å². The zero-order chi connectivity index (χ0) is 24.1. The maximum atomic E-state index is 13.9. The van der Waals surface area contributed by atoms with Crippen molar-refractivity contribution in [3.63, 3.8) is 0 Å². The maximum absolute atomic E-state index is 13.9. The zero-order valence-corrected chi connectivity index (χ0v) is 17.0. The van der Waals surface area contributed by atoms with Gasteiger partial charge in [-0.2, -0.15) is 31.4 Å². The molecule has 3 N–H and O–H groups in total. The predicted molar refractivity (Wildman–Crippen MR) is 96.2 cm³/mol. The van der Waals surface area contributed by atoms with Crippen molar-refractivity contribution in [1.82, 2.24) is 14.8 Å². The number of carbonyl (C=O) groups is 1. The van der Waals surface area contributed by atoms with Gasteiger partial charge in [0, 0.05) is 12.2 Å². The van der Waals surface area contributed by atoms with Crippen molar-refractivity contribution >= 4 is 21.6 Å². The number of carbonyl (C=O) groups excluding carboxylic acids is 1. The molecular formula is C16H15F7N6O2S. The van der Waals surface area contributed by atoms with E-state index < -0.39 is 56.1 Å². The Bertz CT molecular complexity index is 1190. The maximum Gasteiger partial charge on any atom is 0.434 e. The highest BCUT2D eigenvalue weighted by atomic mass is 32.2. The van der Waals surface area contributed by atoms with E-state index in [2.05, 4.69) is 14.4 Å². The Morgan fingerprint density at radius 1 is 1.25 bits per heavy atom. The molecule has 0 spiro atoms. The van der Waals surface area contributed by atoms with Crippen LogP contribution >= 0.6 is 0 Å². The first-order valence-corrected chi connectivity index (χ1v) is 10.5. The quantitative estimate of drug-likeness (QED) is 0.638. The second-order valence-corrected chi connectivity index (χ2v) is 8.42. The lowest BCUT2D eigenvalue weighted by Gasteiger charge is -2.21. The van der Waals surface area contributed by atoms with Gasteiger partial charge in [-0.05, 0) is 31.7 Å². The molecule has 0 fully saturated rings. The number of fused-ring (bicyclic) bond motifs is 1. The predicted octanol–water partition coefficient (Wildman–Crippen LogP) is 3.90. The lowest BCUT2D eigenvalue weighted by Crippen LogP contribution is -2.25. The van der Waals surface area contributed by atoms with Gasteiger partial charge in [0.1, 0.15) is 5.56 Å². The van der Waals surface area contributed by atoms with Crippen molar-refractivity contribution in [2.75, 3.05) is 5.32 Å². The number of nitrogens with two attached hydrogens (primary N) is 1. The highest BCUT2D eigenvalue weighted by Gasteiger charge is 2.48. The van der Waals surface area contributed by atoms with Crippen molar-refractivity contribution in [3.05, 3.63) is 34.5 Å². The number of rotatable bonds is 3. The average Bonchev–Trinajstić information content (AvgIpc) is 3.25. The standard InChI is InChI=1S/C16H15F7N6O2S/c1-2-29-6-8(17)13(27-29)32(24,31)28-14(30)26-11-7-4-3-5-9(7)25-12(16(21,22)23)10(11)15(18,19)20/h6H,2-5H2,1H3,(H3,24,25,26,28,30,31)/t32-/m1/s1. The van der Waals surface area contributed by atoms with Gasteiger partial charge in [-0.3, -0.25) is 4.68 Å². The Labute approximate surface area is 176 Å². The highest BCUT2D eigenvalue weighted by molar-refractivity contribution is 7.91. The number of anilines is 1. The third kappa shape index (κ3) is 4.55. The van der Waals surface area contributed by atoms with Crippen LogP contribution in [0, 0.1) is 5.82 Å². The smallest absolute Gasteiger partial charge is 0.304 e. The molecule has 0 aliphatic heterocycles. The van der Waals surface area contributed by atoms with Gasteiger partial charge in [-0.1, -0.05) is 0 Å². The minimum Gasteiger partial charge on any atom is -0.304 e. The fourth-order valence-electron chi connectivity index (χ4n) is 3.24. The minimum absolute atomic E-state index is 0.0378. The summed E-state index contributed by atoms with van der Waals surface area (Å²) < 4.78 is 111. The molecule has 0 saturated heterocycles. The van der Waals surface area contributed by atoms with Crippen molar-refractivity contribution in [3.8, 4) is 0 Å². The molecule has 3 rings (SSSR count). The number of urea groups is 1. The van der Waals surface area contributed by atoms with E-state index >= 15 is 0 Å². The SMILES string of the molecule is CCn1cc(F)c([S@](N)(=O)=NC(=O)Nc2c3c(nc(C(F)(F)F)c2C(F)(F)F)CCC3)n1. The molecule has 0 unspecified atom stereocenters. The number of alkyl halides is 6. The first-order valence-electron chi connectivity index (χ1n) is 8.94. The number of nitrogens with one attached hydrogen (secondary N) is 1. The van der Waals surface area contributed by atoms with E-state index in [9.17, 15) is 39.7 Å². The van der Waals surface area contributed by atoms with E-state index in [0.717, 1.165) is 10.9 Å². The van der Waals surface area contributed by atoms with Crippen LogP contribution in [0.4, 0.5) is 41.2 Å². The topological polar surface area (TPSA) is 115 Å². The van der Waals surface area contributed by atoms with Crippen LogP contribution in [-0.4, -0.2) is 25.0 Å². The molecule has 1 atom stereocenters. The number of halogens is 7. The Hall–Kier alpha value is -2.75. The number of nitrogens with zero attached hydrogens (tertiary/aromatic N) is 4. The third-order valence-corrected chi connectivity index (χ3v) is 5.78. The average molecular weight is 488 g/mol. The molecule has 1 aliphatic rings. The first kappa shape index (κ1) is 23.9. The summed E-state index contributed by atoms with van der Waals surface area (Å²) in [4.78, 5) is 15.4.